The first-order valence-electron chi connectivity index (χ1n) is 6.58. The molecule has 100 valence electrons. The van der Waals surface area contributed by atoms with E-state index in [9.17, 15) is 5.11 Å². The summed E-state index contributed by atoms with van der Waals surface area (Å²) in [6, 6.07) is 10.1. The lowest BCUT2D eigenvalue weighted by Crippen LogP contribution is -2.28. The smallest absolute Gasteiger partial charge is 0.194 e. The minimum absolute atomic E-state index is 0.605. The largest absolute Gasteiger partial charge is 0.390 e. The summed E-state index contributed by atoms with van der Waals surface area (Å²) in [5, 5.41) is 9.76. The lowest BCUT2D eigenvalue weighted by atomic mass is 9.95. The van der Waals surface area contributed by atoms with Crippen LogP contribution in [0.5, 0.6) is 0 Å². The number of rotatable bonds is 5. The molecule has 0 saturated carbocycles. The molecule has 0 spiro atoms. The van der Waals surface area contributed by atoms with E-state index in [1.807, 2.05) is 44.2 Å². The van der Waals surface area contributed by atoms with Gasteiger partial charge >= 0.3 is 0 Å². The zero-order valence-corrected chi connectivity index (χ0v) is 11.2. The number of benzene rings is 1. The molecule has 0 bridgehead atoms. The van der Waals surface area contributed by atoms with Crippen molar-refractivity contribution in [3.05, 3.63) is 35.9 Å². The van der Waals surface area contributed by atoms with Crippen LogP contribution in [0.25, 0.3) is 0 Å². The summed E-state index contributed by atoms with van der Waals surface area (Å²) >= 11 is 0. The predicted octanol–water partition coefficient (Wildman–Crippen LogP) is 2.83. The van der Waals surface area contributed by atoms with E-state index in [2.05, 4.69) is 0 Å². The van der Waals surface area contributed by atoms with Crippen molar-refractivity contribution in [1.82, 2.24) is 0 Å². The average molecular weight is 250 g/mol. The molecule has 3 heteroatoms. The molecular weight excluding hydrogens is 228 g/mol. The van der Waals surface area contributed by atoms with Crippen molar-refractivity contribution in [2.45, 2.75) is 44.5 Å². The Labute approximate surface area is 109 Å². The van der Waals surface area contributed by atoms with Gasteiger partial charge in [0, 0.05) is 12.0 Å². The molecule has 18 heavy (non-hydrogen) atoms. The summed E-state index contributed by atoms with van der Waals surface area (Å²) < 4.78 is 11.7. The van der Waals surface area contributed by atoms with Gasteiger partial charge in [-0.25, -0.2) is 0 Å². The Balaban J connectivity index is 2.04. The Morgan fingerprint density at radius 1 is 1.17 bits per heavy atom. The highest BCUT2D eigenvalue weighted by Gasteiger charge is 2.38. The van der Waals surface area contributed by atoms with Crippen LogP contribution in [-0.4, -0.2) is 23.9 Å². The summed E-state index contributed by atoms with van der Waals surface area (Å²) in [7, 11) is 0. The molecule has 1 saturated heterocycles. The maximum Gasteiger partial charge on any atom is 0.194 e. The molecule has 0 unspecified atom stereocenters. The fourth-order valence-electron chi connectivity index (χ4n) is 2.36. The van der Waals surface area contributed by atoms with Crippen LogP contribution in [0, 0.1) is 0 Å². The van der Waals surface area contributed by atoms with Crippen molar-refractivity contribution in [3.63, 3.8) is 0 Å². The summed E-state index contributed by atoms with van der Waals surface area (Å²) in [5.41, 5.74) is 0.439. The minimum atomic E-state index is -0.628. The molecule has 2 rings (SSSR count). The van der Waals surface area contributed by atoms with Crippen LogP contribution in [0.15, 0.2) is 30.3 Å². The predicted molar refractivity (Wildman–Crippen MR) is 70.2 cm³/mol. The van der Waals surface area contributed by atoms with E-state index in [-0.39, 0.29) is 0 Å². The lowest BCUT2D eigenvalue weighted by molar-refractivity contribution is -0.173. The topological polar surface area (TPSA) is 38.7 Å². The average Bonchev–Trinajstić information content (AvgIpc) is 2.79. The van der Waals surface area contributed by atoms with Gasteiger partial charge in [0.1, 0.15) is 0 Å². The van der Waals surface area contributed by atoms with E-state index in [4.69, 9.17) is 9.47 Å². The third-order valence-corrected chi connectivity index (χ3v) is 3.26. The SMILES string of the molecule is CC(C)(O)CCCC1(c2ccccc2)OCCO1. The molecule has 1 fully saturated rings. The molecule has 0 aliphatic carbocycles. The van der Waals surface area contributed by atoms with Crippen LogP contribution in [0.4, 0.5) is 0 Å². The summed E-state index contributed by atoms with van der Waals surface area (Å²) in [4.78, 5) is 0. The van der Waals surface area contributed by atoms with Gasteiger partial charge in [-0.2, -0.15) is 0 Å². The standard InChI is InChI=1S/C15H22O3/c1-14(2,16)9-6-10-15(17-11-12-18-15)13-7-4-3-5-8-13/h3-5,7-8,16H,6,9-12H2,1-2H3. The van der Waals surface area contributed by atoms with E-state index in [0.717, 1.165) is 24.8 Å². The van der Waals surface area contributed by atoms with Crippen LogP contribution in [0.1, 0.15) is 38.7 Å². The Hall–Kier alpha value is -0.900. The minimum Gasteiger partial charge on any atom is -0.390 e. The van der Waals surface area contributed by atoms with E-state index in [1.54, 1.807) is 0 Å². The molecular formula is C15H22O3. The second-order valence-electron chi connectivity index (χ2n) is 5.48. The Morgan fingerprint density at radius 3 is 2.33 bits per heavy atom. The highest BCUT2D eigenvalue weighted by molar-refractivity contribution is 5.20. The lowest BCUT2D eigenvalue weighted by Gasteiger charge is -2.29. The van der Waals surface area contributed by atoms with Crippen LogP contribution in [0.2, 0.25) is 0 Å². The molecule has 1 N–H and O–H groups in total. The molecule has 0 atom stereocenters. The zero-order chi connectivity index (χ0) is 13.1. The molecule has 1 aromatic carbocycles. The van der Waals surface area contributed by atoms with Crippen molar-refractivity contribution in [3.8, 4) is 0 Å². The molecule has 1 heterocycles. The maximum atomic E-state index is 9.76. The first-order chi connectivity index (χ1) is 8.52. The first kappa shape index (κ1) is 13.5. The third kappa shape index (κ3) is 3.31. The van der Waals surface area contributed by atoms with E-state index < -0.39 is 11.4 Å². The van der Waals surface area contributed by atoms with Gasteiger partial charge in [-0.1, -0.05) is 30.3 Å². The quantitative estimate of drug-likeness (QED) is 0.873. The van der Waals surface area contributed by atoms with Crippen LogP contribution < -0.4 is 0 Å². The summed E-state index contributed by atoms with van der Waals surface area (Å²) in [6.07, 6.45) is 2.40. The number of aliphatic hydroxyl groups is 1. The fraction of sp³-hybridized carbons (Fsp3) is 0.600. The van der Waals surface area contributed by atoms with Gasteiger partial charge in [-0.3, -0.25) is 0 Å². The normalized spacial score (nSPS) is 19.1. The second kappa shape index (κ2) is 5.39. The third-order valence-electron chi connectivity index (χ3n) is 3.26. The fourth-order valence-corrected chi connectivity index (χ4v) is 2.36. The molecule has 0 amide bonds. The van der Waals surface area contributed by atoms with Gasteiger partial charge in [-0.05, 0) is 26.7 Å². The van der Waals surface area contributed by atoms with Gasteiger partial charge in [0.15, 0.2) is 5.79 Å². The first-order valence-corrected chi connectivity index (χ1v) is 6.58. The van der Waals surface area contributed by atoms with E-state index >= 15 is 0 Å². The number of ether oxygens (including phenoxy) is 2. The van der Waals surface area contributed by atoms with Gasteiger partial charge in [0.25, 0.3) is 0 Å². The Morgan fingerprint density at radius 2 is 1.78 bits per heavy atom. The van der Waals surface area contributed by atoms with Crippen molar-refractivity contribution in [2.75, 3.05) is 13.2 Å². The molecule has 3 nitrogen and oxygen atoms in total. The molecule has 1 aliphatic heterocycles. The monoisotopic (exact) mass is 250 g/mol. The van der Waals surface area contributed by atoms with Crippen molar-refractivity contribution < 1.29 is 14.6 Å². The summed E-state index contributed by atoms with van der Waals surface area (Å²) in [5.74, 6) is -0.605. The summed E-state index contributed by atoms with van der Waals surface area (Å²) in [6.45, 7) is 4.94. The van der Waals surface area contributed by atoms with Crippen LogP contribution in [0.3, 0.4) is 0 Å². The second-order valence-corrected chi connectivity index (χ2v) is 5.48. The van der Waals surface area contributed by atoms with Crippen LogP contribution >= 0.6 is 0 Å². The number of hydrogen-bond donors (Lipinski definition) is 1. The van der Waals surface area contributed by atoms with Crippen molar-refractivity contribution in [2.24, 2.45) is 0 Å². The van der Waals surface area contributed by atoms with E-state index in [0.29, 0.717) is 13.2 Å². The Kier molecular flexibility index (Phi) is 4.05. The molecule has 1 aromatic rings. The van der Waals surface area contributed by atoms with Gasteiger partial charge in [0.2, 0.25) is 0 Å². The number of hydrogen-bond acceptors (Lipinski definition) is 3. The van der Waals surface area contributed by atoms with Crippen molar-refractivity contribution >= 4 is 0 Å². The highest BCUT2D eigenvalue weighted by Crippen LogP contribution is 2.36. The molecule has 1 aliphatic rings. The highest BCUT2D eigenvalue weighted by atomic mass is 16.7. The van der Waals surface area contributed by atoms with Gasteiger partial charge in [-0.15, -0.1) is 0 Å². The van der Waals surface area contributed by atoms with Gasteiger partial charge < -0.3 is 14.6 Å². The maximum absolute atomic E-state index is 9.76. The van der Waals surface area contributed by atoms with Gasteiger partial charge in [0.05, 0.1) is 18.8 Å². The van der Waals surface area contributed by atoms with Crippen LogP contribution in [-0.2, 0) is 15.3 Å². The molecule has 0 radical (unpaired) electrons. The Bertz CT molecular complexity index is 361. The molecule has 0 aromatic heterocycles. The van der Waals surface area contributed by atoms with E-state index in [1.165, 1.54) is 0 Å². The zero-order valence-electron chi connectivity index (χ0n) is 11.2. The van der Waals surface area contributed by atoms with Crippen molar-refractivity contribution in [1.29, 1.82) is 0 Å².